The molecule has 0 bridgehead atoms. The van der Waals surface area contributed by atoms with Gasteiger partial charge in [0.05, 0.1) is 23.4 Å². The molecular formula is C21H22N4O3S2. The van der Waals surface area contributed by atoms with Crippen molar-refractivity contribution in [3.05, 3.63) is 96.5 Å². The van der Waals surface area contributed by atoms with Gasteiger partial charge in [-0.05, 0) is 47.6 Å². The third-order valence-electron chi connectivity index (χ3n) is 4.15. The highest BCUT2D eigenvalue weighted by Gasteiger charge is 2.14. The second-order valence-electron chi connectivity index (χ2n) is 6.33. The summed E-state index contributed by atoms with van der Waals surface area (Å²) in [5.74, 6) is 0.538. The molecule has 2 aromatic carbocycles. The molecular weight excluding hydrogens is 420 g/mol. The molecule has 0 unspecified atom stereocenters. The van der Waals surface area contributed by atoms with Crippen LogP contribution >= 0.6 is 12.2 Å². The number of hydrazine groups is 1. The molecule has 0 radical (unpaired) electrons. The first-order chi connectivity index (χ1) is 14.4. The normalized spacial score (nSPS) is 10.9. The molecule has 3 aromatic rings. The molecule has 1 aromatic heterocycles. The summed E-state index contributed by atoms with van der Waals surface area (Å²) in [4.78, 5) is 0.151. The van der Waals surface area contributed by atoms with Crippen molar-refractivity contribution >= 4 is 33.1 Å². The first-order valence-electron chi connectivity index (χ1n) is 9.09. The number of nitrogens with one attached hydrogen (secondary N) is 4. The van der Waals surface area contributed by atoms with Gasteiger partial charge >= 0.3 is 0 Å². The van der Waals surface area contributed by atoms with Crippen molar-refractivity contribution in [2.45, 2.75) is 18.0 Å². The van der Waals surface area contributed by atoms with Crippen molar-refractivity contribution in [1.29, 1.82) is 0 Å². The summed E-state index contributed by atoms with van der Waals surface area (Å²) in [7, 11) is -3.64. The Labute approximate surface area is 181 Å². The van der Waals surface area contributed by atoms with Crippen LogP contribution in [0.15, 0.2) is 88.9 Å². The van der Waals surface area contributed by atoms with Gasteiger partial charge in [0.15, 0.2) is 5.11 Å². The highest BCUT2D eigenvalue weighted by Crippen LogP contribution is 2.15. The van der Waals surface area contributed by atoms with Crippen LogP contribution in [0.25, 0.3) is 5.70 Å². The number of hydrogen-bond donors (Lipinski definition) is 4. The Kier molecular flexibility index (Phi) is 7.23. The Bertz CT molecular complexity index is 1080. The molecule has 1 heterocycles. The average molecular weight is 443 g/mol. The van der Waals surface area contributed by atoms with Crippen molar-refractivity contribution in [3.63, 3.8) is 0 Å². The standard InChI is InChI=1S/C21H22N4O3S2/c1-16(24-25-21(29)22-14-17-6-3-2-4-7-17)18-9-11-20(12-10-18)30(26,27)23-15-19-8-5-13-28-19/h2-13,23-24H,1,14-15H2,(H2,22,25,29). The first kappa shape index (κ1) is 21.6. The van der Waals surface area contributed by atoms with Gasteiger partial charge in [0, 0.05) is 6.54 Å². The summed E-state index contributed by atoms with van der Waals surface area (Å²) in [5.41, 5.74) is 8.15. The Hall–Kier alpha value is -3.14. The molecule has 0 atom stereocenters. The van der Waals surface area contributed by atoms with Crippen LogP contribution in [0.3, 0.4) is 0 Å². The van der Waals surface area contributed by atoms with E-state index in [-0.39, 0.29) is 11.4 Å². The van der Waals surface area contributed by atoms with Gasteiger partial charge in [-0.2, -0.15) is 0 Å². The molecule has 4 N–H and O–H groups in total. The van der Waals surface area contributed by atoms with Crippen molar-refractivity contribution in [3.8, 4) is 0 Å². The van der Waals surface area contributed by atoms with Crippen LogP contribution in [0.4, 0.5) is 0 Å². The van der Waals surface area contributed by atoms with E-state index in [9.17, 15) is 8.42 Å². The zero-order valence-electron chi connectivity index (χ0n) is 16.1. The first-order valence-corrected chi connectivity index (χ1v) is 11.0. The molecule has 0 aliphatic rings. The molecule has 0 fully saturated rings. The third kappa shape index (κ3) is 6.18. The molecule has 30 heavy (non-hydrogen) atoms. The summed E-state index contributed by atoms with van der Waals surface area (Å²) in [5, 5.41) is 3.50. The van der Waals surface area contributed by atoms with Crippen LogP contribution in [0, 0.1) is 0 Å². The van der Waals surface area contributed by atoms with E-state index < -0.39 is 10.0 Å². The maximum Gasteiger partial charge on any atom is 0.240 e. The number of thiocarbonyl (C=S) groups is 1. The molecule has 0 saturated carbocycles. The van der Waals surface area contributed by atoms with E-state index in [1.54, 1.807) is 24.3 Å². The maximum atomic E-state index is 12.4. The number of hydrogen-bond acceptors (Lipinski definition) is 5. The average Bonchev–Trinajstić information content (AvgIpc) is 3.29. The number of sulfonamides is 1. The summed E-state index contributed by atoms with van der Waals surface area (Å²) in [6.07, 6.45) is 1.49. The van der Waals surface area contributed by atoms with Gasteiger partial charge in [0.25, 0.3) is 0 Å². The van der Waals surface area contributed by atoms with Gasteiger partial charge in [-0.25, -0.2) is 13.1 Å². The summed E-state index contributed by atoms with van der Waals surface area (Å²) >= 11 is 5.23. The maximum absolute atomic E-state index is 12.4. The largest absolute Gasteiger partial charge is 0.468 e. The predicted octanol–water partition coefficient (Wildman–Crippen LogP) is 2.90. The minimum atomic E-state index is -3.64. The van der Waals surface area contributed by atoms with Crippen LogP contribution in [0.5, 0.6) is 0 Å². The lowest BCUT2D eigenvalue weighted by Crippen LogP contribution is -2.42. The molecule has 9 heteroatoms. The number of rotatable bonds is 9. The van der Waals surface area contributed by atoms with E-state index in [2.05, 4.69) is 27.5 Å². The van der Waals surface area contributed by atoms with Gasteiger partial charge in [0.1, 0.15) is 5.76 Å². The van der Waals surface area contributed by atoms with E-state index in [0.717, 1.165) is 11.1 Å². The molecule has 3 rings (SSSR count). The van der Waals surface area contributed by atoms with Crippen molar-refractivity contribution in [2.75, 3.05) is 0 Å². The number of furan rings is 1. The monoisotopic (exact) mass is 442 g/mol. The van der Waals surface area contributed by atoms with Crippen molar-refractivity contribution in [2.24, 2.45) is 0 Å². The summed E-state index contributed by atoms with van der Waals surface area (Å²) in [6, 6.07) is 19.6. The molecule has 0 aliphatic carbocycles. The topological polar surface area (TPSA) is 95.4 Å². The fraction of sp³-hybridized carbons (Fsp3) is 0.0952. The number of benzene rings is 2. The molecule has 7 nitrogen and oxygen atoms in total. The van der Waals surface area contributed by atoms with Gasteiger partial charge in [-0.15, -0.1) is 0 Å². The van der Waals surface area contributed by atoms with E-state index in [1.165, 1.54) is 18.4 Å². The van der Waals surface area contributed by atoms with Crippen LogP contribution in [0.2, 0.25) is 0 Å². The molecule has 0 spiro atoms. The minimum Gasteiger partial charge on any atom is -0.468 e. The lowest BCUT2D eigenvalue weighted by atomic mass is 10.2. The third-order valence-corrected chi connectivity index (χ3v) is 5.82. The second-order valence-corrected chi connectivity index (χ2v) is 8.50. The Morgan fingerprint density at radius 1 is 0.933 bits per heavy atom. The van der Waals surface area contributed by atoms with E-state index in [4.69, 9.17) is 16.6 Å². The fourth-order valence-electron chi connectivity index (χ4n) is 2.52. The highest BCUT2D eigenvalue weighted by molar-refractivity contribution is 7.89. The zero-order chi connectivity index (χ0) is 21.4. The Balaban J connectivity index is 1.48. The molecule has 0 amide bonds. The van der Waals surface area contributed by atoms with E-state index in [1.807, 2.05) is 30.3 Å². The van der Waals surface area contributed by atoms with Crippen molar-refractivity contribution < 1.29 is 12.8 Å². The Morgan fingerprint density at radius 2 is 1.67 bits per heavy atom. The van der Waals surface area contributed by atoms with Crippen molar-refractivity contribution in [1.82, 2.24) is 20.9 Å². The van der Waals surface area contributed by atoms with Crippen LogP contribution < -0.4 is 20.9 Å². The SMILES string of the molecule is C=C(NNC(=S)NCc1ccccc1)c1ccc(S(=O)(=O)NCc2ccco2)cc1. The quantitative estimate of drug-likeness (QED) is 0.299. The Morgan fingerprint density at radius 3 is 2.33 bits per heavy atom. The molecule has 0 saturated heterocycles. The molecule has 156 valence electrons. The smallest absolute Gasteiger partial charge is 0.240 e. The van der Waals surface area contributed by atoms with Gasteiger partial charge in [-0.1, -0.05) is 49.0 Å². The summed E-state index contributed by atoms with van der Waals surface area (Å²) in [6.45, 7) is 4.62. The fourth-order valence-corrected chi connectivity index (χ4v) is 3.64. The highest BCUT2D eigenvalue weighted by atomic mass is 32.2. The zero-order valence-corrected chi connectivity index (χ0v) is 17.7. The minimum absolute atomic E-state index is 0.0860. The lowest BCUT2D eigenvalue weighted by Gasteiger charge is -2.15. The van der Waals surface area contributed by atoms with Gasteiger partial charge < -0.3 is 9.73 Å². The molecule has 0 aliphatic heterocycles. The van der Waals surface area contributed by atoms with Crippen LogP contribution in [-0.2, 0) is 23.1 Å². The van der Waals surface area contributed by atoms with E-state index in [0.29, 0.717) is 23.1 Å². The summed E-state index contributed by atoms with van der Waals surface area (Å²) < 4.78 is 32.4. The predicted molar refractivity (Wildman–Crippen MR) is 120 cm³/mol. The second kappa shape index (κ2) is 10.1. The van der Waals surface area contributed by atoms with Gasteiger partial charge in [0.2, 0.25) is 10.0 Å². The van der Waals surface area contributed by atoms with Gasteiger partial charge in [-0.3, -0.25) is 10.9 Å². The van der Waals surface area contributed by atoms with Crippen LogP contribution in [-0.4, -0.2) is 13.5 Å². The lowest BCUT2D eigenvalue weighted by molar-refractivity contribution is 0.498. The van der Waals surface area contributed by atoms with Crippen LogP contribution in [0.1, 0.15) is 16.9 Å². The van der Waals surface area contributed by atoms with E-state index >= 15 is 0 Å².